The Morgan fingerprint density at radius 3 is 2.33 bits per heavy atom. The molecule has 24 heavy (non-hydrogen) atoms. The van der Waals surface area contributed by atoms with Gasteiger partial charge in [-0.3, -0.25) is 9.59 Å². The van der Waals surface area contributed by atoms with E-state index in [9.17, 15) is 9.59 Å². The van der Waals surface area contributed by atoms with Gasteiger partial charge in [0.2, 0.25) is 5.91 Å². The van der Waals surface area contributed by atoms with Gasteiger partial charge in [0.1, 0.15) is 13.2 Å². The third kappa shape index (κ3) is 3.74. The quantitative estimate of drug-likeness (QED) is 0.827. The lowest BCUT2D eigenvalue weighted by molar-refractivity contribution is -0.118. The number of rotatable bonds is 6. The summed E-state index contributed by atoms with van der Waals surface area (Å²) in [6, 6.07) is 13.1. The molecule has 0 bridgehead atoms. The molecule has 3 rings (SSSR count). The van der Waals surface area contributed by atoms with Gasteiger partial charge in [0.15, 0.2) is 17.3 Å². The first-order chi connectivity index (χ1) is 11.6. The van der Waals surface area contributed by atoms with Crippen LogP contribution in [0.15, 0.2) is 42.5 Å². The molecule has 0 unspecified atom stereocenters. The fraction of sp³-hybridized carbons (Fsp3) is 0.263. The van der Waals surface area contributed by atoms with E-state index in [1.54, 1.807) is 12.1 Å². The van der Waals surface area contributed by atoms with Gasteiger partial charge in [-0.25, -0.2) is 0 Å². The number of fused-ring (bicyclic) bond motifs is 1. The molecule has 0 aromatic heterocycles. The first-order valence-corrected chi connectivity index (χ1v) is 7.91. The van der Waals surface area contributed by atoms with E-state index in [-0.39, 0.29) is 12.2 Å². The first kappa shape index (κ1) is 16.1. The maximum atomic E-state index is 12.8. The van der Waals surface area contributed by atoms with E-state index in [1.807, 2.05) is 30.3 Å². The second-order valence-electron chi connectivity index (χ2n) is 5.70. The van der Waals surface area contributed by atoms with Crippen molar-refractivity contribution < 1.29 is 19.1 Å². The van der Waals surface area contributed by atoms with Crippen molar-refractivity contribution in [1.29, 1.82) is 0 Å². The van der Waals surface area contributed by atoms with Crippen LogP contribution in [0.2, 0.25) is 0 Å². The number of hydrogen-bond acceptors (Lipinski definition) is 4. The summed E-state index contributed by atoms with van der Waals surface area (Å²) in [6.07, 6.45) is 0.886. The maximum absolute atomic E-state index is 12.8. The standard InChI is InChI=1S/C19H19NO4/c20-19(22)7-6-14-11-17-18(24-9-8-23-17)12-15(14)16(21)10-13-4-2-1-3-5-13/h1-5,11-12H,6-10H2,(H2,20,22). The lowest BCUT2D eigenvalue weighted by atomic mass is 9.95. The van der Waals surface area contributed by atoms with E-state index in [1.165, 1.54) is 0 Å². The smallest absolute Gasteiger partial charge is 0.217 e. The number of Topliss-reactive ketones (excluding diaryl/α,β-unsaturated/α-hetero) is 1. The van der Waals surface area contributed by atoms with E-state index in [2.05, 4.69) is 0 Å². The topological polar surface area (TPSA) is 78.6 Å². The highest BCUT2D eigenvalue weighted by Crippen LogP contribution is 2.34. The molecular formula is C19H19NO4. The molecule has 0 spiro atoms. The predicted octanol–water partition coefficient (Wildman–Crippen LogP) is 2.30. The zero-order valence-electron chi connectivity index (χ0n) is 13.3. The van der Waals surface area contributed by atoms with Gasteiger partial charge in [-0.1, -0.05) is 30.3 Å². The van der Waals surface area contributed by atoms with Crippen molar-refractivity contribution in [2.75, 3.05) is 13.2 Å². The van der Waals surface area contributed by atoms with Crippen LogP contribution in [0.3, 0.4) is 0 Å². The fourth-order valence-corrected chi connectivity index (χ4v) is 2.73. The van der Waals surface area contributed by atoms with Crippen LogP contribution in [0.4, 0.5) is 0 Å². The van der Waals surface area contributed by atoms with Crippen molar-refractivity contribution in [2.24, 2.45) is 5.73 Å². The molecule has 2 aromatic carbocycles. The molecule has 1 heterocycles. The van der Waals surface area contributed by atoms with Crippen LogP contribution in [0.1, 0.15) is 27.9 Å². The molecule has 5 heteroatoms. The zero-order chi connectivity index (χ0) is 16.9. The molecule has 5 nitrogen and oxygen atoms in total. The fourth-order valence-electron chi connectivity index (χ4n) is 2.73. The summed E-state index contributed by atoms with van der Waals surface area (Å²) in [5, 5.41) is 0. The summed E-state index contributed by atoms with van der Waals surface area (Å²) < 4.78 is 11.1. The highest BCUT2D eigenvalue weighted by atomic mass is 16.6. The molecule has 124 valence electrons. The normalized spacial score (nSPS) is 12.7. The zero-order valence-corrected chi connectivity index (χ0v) is 13.3. The summed E-state index contributed by atoms with van der Waals surface area (Å²) in [5.41, 5.74) is 7.51. The molecule has 2 N–H and O–H groups in total. The number of ether oxygens (including phenoxy) is 2. The van der Waals surface area contributed by atoms with Crippen LogP contribution in [-0.4, -0.2) is 24.9 Å². The summed E-state index contributed by atoms with van der Waals surface area (Å²) in [6.45, 7) is 0.930. The Hall–Kier alpha value is -2.82. The average molecular weight is 325 g/mol. The second kappa shape index (κ2) is 7.17. The number of primary amides is 1. The Morgan fingerprint density at radius 1 is 1.00 bits per heavy atom. The van der Waals surface area contributed by atoms with Crippen LogP contribution in [0, 0.1) is 0 Å². The van der Waals surface area contributed by atoms with E-state index in [4.69, 9.17) is 15.2 Å². The number of aryl methyl sites for hydroxylation is 1. The van der Waals surface area contributed by atoms with Gasteiger partial charge in [0, 0.05) is 18.4 Å². The monoisotopic (exact) mass is 325 g/mol. The van der Waals surface area contributed by atoms with Crippen molar-refractivity contribution in [3.8, 4) is 11.5 Å². The summed E-state index contributed by atoms with van der Waals surface area (Å²) in [4.78, 5) is 23.9. The Labute approximate surface area is 140 Å². The largest absolute Gasteiger partial charge is 0.486 e. The van der Waals surface area contributed by atoms with Gasteiger partial charge in [-0.15, -0.1) is 0 Å². The Balaban J connectivity index is 1.91. The summed E-state index contributed by atoms with van der Waals surface area (Å²) in [5.74, 6) is 0.765. The van der Waals surface area contributed by atoms with Crippen molar-refractivity contribution in [1.82, 2.24) is 0 Å². The highest BCUT2D eigenvalue weighted by Gasteiger charge is 2.20. The summed E-state index contributed by atoms with van der Waals surface area (Å²) in [7, 11) is 0. The number of hydrogen-bond donors (Lipinski definition) is 1. The minimum atomic E-state index is -0.397. The minimum absolute atomic E-state index is 0.0161. The van der Waals surface area contributed by atoms with Gasteiger partial charge in [0.05, 0.1) is 0 Å². The number of nitrogens with two attached hydrogens (primary N) is 1. The molecule has 0 radical (unpaired) electrons. The third-order valence-corrected chi connectivity index (χ3v) is 3.92. The number of ketones is 1. The van der Waals surface area contributed by atoms with Gasteiger partial charge in [-0.2, -0.15) is 0 Å². The first-order valence-electron chi connectivity index (χ1n) is 7.91. The molecule has 0 atom stereocenters. The van der Waals surface area contributed by atoms with Crippen molar-refractivity contribution >= 4 is 11.7 Å². The van der Waals surface area contributed by atoms with E-state index >= 15 is 0 Å². The van der Waals surface area contributed by atoms with E-state index < -0.39 is 5.91 Å². The molecule has 0 aliphatic carbocycles. The SMILES string of the molecule is NC(=O)CCc1cc2c(cc1C(=O)Cc1ccccc1)OCCO2. The highest BCUT2D eigenvalue weighted by molar-refractivity contribution is 5.99. The van der Waals surface area contributed by atoms with Crippen LogP contribution < -0.4 is 15.2 Å². The molecule has 2 aromatic rings. The minimum Gasteiger partial charge on any atom is -0.486 e. The number of benzene rings is 2. The van der Waals surface area contributed by atoms with Crippen LogP contribution in [0.25, 0.3) is 0 Å². The van der Waals surface area contributed by atoms with Gasteiger partial charge < -0.3 is 15.2 Å². The van der Waals surface area contributed by atoms with E-state index in [0.717, 1.165) is 11.1 Å². The lowest BCUT2D eigenvalue weighted by Gasteiger charge is -2.21. The molecule has 0 saturated carbocycles. The van der Waals surface area contributed by atoms with Gasteiger partial charge >= 0.3 is 0 Å². The summed E-state index contributed by atoms with van der Waals surface area (Å²) >= 11 is 0. The van der Waals surface area contributed by atoms with Gasteiger partial charge in [-0.05, 0) is 29.7 Å². The van der Waals surface area contributed by atoms with Crippen molar-refractivity contribution in [3.63, 3.8) is 0 Å². The van der Waals surface area contributed by atoms with Crippen LogP contribution in [0.5, 0.6) is 11.5 Å². The average Bonchev–Trinajstić information content (AvgIpc) is 2.60. The lowest BCUT2D eigenvalue weighted by Crippen LogP contribution is -2.18. The van der Waals surface area contributed by atoms with Crippen molar-refractivity contribution in [3.05, 3.63) is 59.2 Å². The number of amides is 1. The number of carbonyl (C=O) groups is 2. The van der Waals surface area contributed by atoms with Crippen LogP contribution in [-0.2, 0) is 17.6 Å². The van der Waals surface area contributed by atoms with Gasteiger partial charge in [0.25, 0.3) is 0 Å². The molecule has 0 saturated heterocycles. The molecule has 0 fully saturated rings. The predicted molar refractivity (Wildman–Crippen MR) is 89.4 cm³/mol. The Bertz CT molecular complexity index is 755. The maximum Gasteiger partial charge on any atom is 0.217 e. The molecular weight excluding hydrogens is 306 g/mol. The van der Waals surface area contributed by atoms with Crippen molar-refractivity contribution in [2.45, 2.75) is 19.3 Å². The Kier molecular flexibility index (Phi) is 4.79. The second-order valence-corrected chi connectivity index (χ2v) is 5.70. The third-order valence-electron chi connectivity index (χ3n) is 3.92. The molecule has 1 amide bonds. The molecule has 1 aliphatic heterocycles. The molecule has 1 aliphatic rings. The van der Waals surface area contributed by atoms with E-state index in [0.29, 0.717) is 43.1 Å². The Morgan fingerprint density at radius 2 is 1.67 bits per heavy atom. The van der Waals surface area contributed by atoms with Crippen LogP contribution >= 0.6 is 0 Å². The number of carbonyl (C=O) groups excluding carboxylic acids is 2.